The Morgan fingerprint density at radius 3 is 2.71 bits per heavy atom. The van der Waals surface area contributed by atoms with Crippen LogP contribution in [0.15, 0.2) is 33.8 Å². The van der Waals surface area contributed by atoms with E-state index >= 15 is 0 Å². The lowest BCUT2D eigenvalue weighted by atomic mass is 10.2. The SMILES string of the molecule is COc1ccc(-c2noc(-c3c(SC)n[nH]c3N)n2)cc1. The maximum absolute atomic E-state index is 5.86. The molecule has 0 atom stereocenters. The quantitative estimate of drug-likeness (QED) is 0.713. The van der Waals surface area contributed by atoms with Gasteiger partial charge in [-0.15, -0.1) is 11.8 Å². The maximum atomic E-state index is 5.86. The fourth-order valence-corrected chi connectivity index (χ4v) is 2.41. The van der Waals surface area contributed by atoms with Crippen molar-refractivity contribution in [2.45, 2.75) is 5.03 Å². The van der Waals surface area contributed by atoms with Crippen molar-refractivity contribution < 1.29 is 9.26 Å². The van der Waals surface area contributed by atoms with Crippen LogP contribution in [-0.2, 0) is 0 Å². The lowest BCUT2D eigenvalue weighted by Gasteiger charge is -1.99. The van der Waals surface area contributed by atoms with E-state index in [4.69, 9.17) is 15.0 Å². The minimum Gasteiger partial charge on any atom is -0.497 e. The number of hydrogen-bond donors (Lipinski definition) is 2. The van der Waals surface area contributed by atoms with E-state index in [1.165, 1.54) is 11.8 Å². The van der Waals surface area contributed by atoms with Crippen molar-refractivity contribution in [1.29, 1.82) is 0 Å². The molecular formula is C13H13N5O2S. The Kier molecular flexibility index (Phi) is 3.53. The Morgan fingerprint density at radius 1 is 1.29 bits per heavy atom. The first-order chi connectivity index (χ1) is 10.2. The molecule has 0 aliphatic carbocycles. The van der Waals surface area contributed by atoms with Crippen LogP contribution in [0, 0.1) is 0 Å². The Labute approximate surface area is 124 Å². The topological polar surface area (TPSA) is 103 Å². The molecular weight excluding hydrogens is 290 g/mol. The molecule has 3 N–H and O–H groups in total. The summed E-state index contributed by atoms with van der Waals surface area (Å²) < 4.78 is 10.4. The Morgan fingerprint density at radius 2 is 2.05 bits per heavy atom. The van der Waals surface area contributed by atoms with Crippen LogP contribution in [0.4, 0.5) is 5.82 Å². The van der Waals surface area contributed by atoms with Gasteiger partial charge < -0.3 is 15.0 Å². The number of H-pyrrole nitrogens is 1. The molecule has 7 nitrogen and oxygen atoms in total. The number of rotatable bonds is 4. The number of methoxy groups -OCH3 is 1. The van der Waals surface area contributed by atoms with E-state index < -0.39 is 0 Å². The number of hydrogen-bond acceptors (Lipinski definition) is 7. The van der Waals surface area contributed by atoms with E-state index in [-0.39, 0.29) is 0 Å². The molecule has 3 aromatic rings. The summed E-state index contributed by atoms with van der Waals surface area (Å²) in [5.41, 5.74) is 7.33. The number of benzene rings is 1. The first kappa shape index (κ1) is 13.5. The molecule has 0 amide bonds. The molecule has 8 heteroatoms. The Balaban J connectivity index is 1.97. The highest BCUT2D eigenvalue weighted by molar-refractivity contribution is 7.98. The molecule has 108 valence electrons. The van der Waals surface area contributed by atoms with Gasteiger partial charge in [0, 0.05) is 5.56 Å². The van der Waals surface area contributed by atoms with Crippen molar-refractivity contribution in [3.8, 4) is 28.6 Å². The largest absolute Gasteiger partial charge is 0.497 e. The number of anilines is 1. The van der Waals surface area contributed by atoms with Crippen LogP contribution in [0.25, 0.3) is 22.8 Å². The van der Waals surface area contributed by atoms with Gasteiger partial charge in [-0.2, -0.15) is 10.1 Å². The van der Waals surface area contributed by atoms with E-state index in [1.807, 2.05) is 30.5 Å². The second-order valence-corrected chi connectivity index (χ2v) is 4.97. The van der Waals surface area contributed by atoms with Crippen molar-refractivity contribution in [2.75, 3.05) is 19.1 Å². The number of nitrogen functional groups attached to an aromatic ring is 1. The van der Waals surface area contributed by atoms with Gasteiger partial charge in [0.2, 0.25) is 5.82 Å². The third kappa shape index (κ3) is 2.45. The molecule has 3 rings (SSSR count). The number of thioether (sulfide) groups is 1. The number of nitrogens with two attached hydrogens (primary N) is 1. The van der Waals surface area contributed by atoms with E-state index in [0.29, 0.717) is 23.1 Å². The number of nitrogens with zero attached hydrogens (tertiary/aromatic N) is 3. The fraction of sp³-hybridized carbons (Fsp3) is 0.154. The maximum Gasteiger partial charge on any atom is 0.264 e. The molecule has 0 spiro atoms. The molecule has 1 aromatic carbocycles. The first-order valence-electron chi connectivity index (χ1n) is 6.09. The van der Waals surface area contributed by atoms with Crippen molar-refractivity contribution >= 4 is 17.6 Å². The molecule has 21 heavy (non-hydrogen) atoms. The molecule has 0 bridgehead atoms. The van der Waals surface area contributed by atoms with Crippen molar-refractivity contribution in [1.82, 2.24) is 20.3 Å². The van der Waals surface area contributed by atoms with Gasteiger partial charge in [-0.1, -0.05) is 5.16 Å². The second-order valence-electron chi connectivity index (χ2n) is 4.17. The summed E-state index contributed by atoms with van der Waals surface area (Å²) in [5.74, 6) is 2.01. The van der Waals surface area contributed by atoms with E-state index in [1.54, 1.807) is 7.11 Å². The van der Waals surface area contributed by atoms with Crippen LogP contribution in [-0.4, -0.2) is 33.7 Å². The summed E-state index contributed by atoms with van der Waals surface area (Å²) in [5, 5.41) is 11.5. The van der Waals surface area contributed by atoms with Gasteiger partial charge in [-0.25, -0.2) is 0 Å². The smallest absolute Gasteiger partial charge is 0.264 e. The van der Waals surface area contributed by atoms with Crippen LogP contribution in [0.3, 0.4) is 0 Å². The fourth-order valence-electron chi connectivity index (χ4n) is 1.87. The molecule has 0 radical (unpaired) electrons. The van der Waals surface area contributed by atoms with Crippen LogP contribution < -0.4 is 10.5 Å². The van der Waals surface area contributed by atoms with Crippen molar-refractivity contribution in [2.24, 2.45) is 0 Å². The number of nitrogens with one attached hydrogen (secondary N) is 1. The monoisotopic (exact) mass is 303 g/mol. The lowest BCUT2D eigenvalue weighted by Crippen LogP contribution is -1.88. The number of ether oxygens (including phenoxy) is 1. The highest BCUT2D eigenvalue weighted by Crippen LogP contribution is 2.33. The molecule has 2 aromatic heterocycles. The minimum atomic E-state index is 0.344. The van der Waals surface area contributed by atoms with E-state index in [0.717, 1.165) is 16.3 Å². The third-order valence-corrected chi connectivity index (χ3v) is 3.62. The van der Waals surface area contributed by atoms with Crippen LogP contribution in [0.5, 0.6) is 5.75 Å². The highest BCUT2D eigenvalue weighted by atomic mass is 32.2. The second kappa shape index (κ2) is 5.49. The molecule has 0 unspecified atom stereocenters. The summed E-state index contributed by atoms with van der Waals surface area (Å²) >= 11 is 1.45. The zero-order valence-corrected chi connectivity index (χ0v) is 12.3. The van der Waals surface area contributed by atoms with Gasteiger partial charge in [-0.05, 0) is 30.5 Å². The van der Waals surface area contributed by atoms with Crippen LogP contribution >= 0.6 is 11.8 Å². The van der Waals surface area contributed by atoms with E-state index in [9.17, 15) is 0 Å². The molecule has 0 saturated heterocycles. The van der Waals surface area contributed by atoms with Crippen LogP contribution in [0.1, 0.15) is 0 Å². The highest BCUT2D eigenvalue weighted by Gasteiger charge is 2.19. The van der Waals surface area contributed by atoms with Gasteiger partial charge in [0.1, 0.15) is 22.2 Å². The predicted octanol–water partition coefficient (Wildman–Crippen LogP) is 2.44. The zero-order chi connectivity index (χ0) is 14.8. The average molecular weight is 303 g/mol. The molecule has 0 fully saturated rings. The van der Waals surface area contributed by atoms with Gasteiger partial charge >= 0.3 is 0 Å². The summed E-state index contributed by atoms with van der Waals surface area (Å²) in [4.78, 5) is 4.38. The van der Waals surface area contributed by atoms with E-state index in [2.05, 4.69) is 20.3 Å². The normalized spacial score (nSPS) is 10.8. The Bertz CT molecular complexity index is 750. The third-order valence-electron chi connectivity index (χ3n) is 2.94. The minimum absolute atomic E-state index is 0.344. The van der Waals surface area contributed by atoms with Gasteiger partial charge in [0.15, 0.2) is 0 Å². The zero-order valence-electron chi connectivity index (χ0n) is 11.5. The lowest BCUT2D eigenvalue weighted by molar-refractivity contribution is 0.414. The van der Waals surface area contributed by atoms with Crippen LogP contribution in [0.2, 0.25) is 0 Å². The molecule has 2 heterocycles. The van der Waals surface area contributed by atoms with Gasteiger partial charge in [-0.3, -0.25) is 5.10 Å². The summed E-state index contributed by atoms with van der Waals surface area (Å²) in [6.45, 7) is 0. The molecule has 0 aliphatic rings. The molecule has 0 aliphatic heterocycles. The van der Waals surface area contributed by atoms with Crippen molar-refractivity contribution in [3.05, 3.63) is 24.3 Å². The number of aromatic nitrogens is 4. The first-order valence-corrected chi connectivity index (χ1v) is 7.31. The Hall–Kier alpha value is -2.48. The average Bonchev–Trinajstić information content (AvgIpc) is 3.13. The summed E-state index contributed by atoms with van der Waals surface area (Å²) in [7, 11) is 1.62. The molecule has 0 saturated carbocycles. The van der Waals surface area contributed by atoms with Crippen molar-refractivity contribution in [3.63, 3.8) is 0 Å². The summed E-state index contributed by atoms with van der Waals surface area (Å²) in [6.07, 6.45) is 1.90. The summed E-state index contributed by atoms with van der Waals surface area (Å²) in [6, 6.07) is 7.40. The van der Waals surface area contributed by atoms with Gasteiger partial charge in [0.05, 0.1) is 7.11 Å². The standard InChI is InChI=1S/C13H13N5O2S/c1-19-8-5-3-7(4-6-8)11-15-12(20-18-11)9-10(14)16-17-13(9)21-2/h3-6H,1-2H3,(H3,14,16,17). The van der Waals surface area contributed by atoms with Gasteiger partial charge in [0.25, 0.3) is 5.89 Å². The number of aromatic amines is 1. The predicted molar refractivity (Wildman–Crippen MR) is 80.1 cm³/mol.